The topological polar surface area (TPSA) is 42.7 Å². The number of aromatic nitrogens is 3. The summed E-state index contributed by atoms with van der Waals surface area (Å²) in [6.07, 6.45) is 5.37. The third-order valence-corrected chi connectivity index (χ3v) is 4.31. The van der Waals surface area contributed by atoms with Crippen LogP contribution in [0, 0.1) is 6.92 Å². The van der Waals surface area contributed by atoms with E-state index in [4.69, 9.17) is 4.98 Å². The first kappa shape index (κ1) is 13.5. The number of benzene rings is 1. The van der Waals surface area contributed by atoms with E-state index in [1.807, 2.05) is 18.3 Å². The number of aryl methyl sites for hydroxylation is 1. The predicted molar refractivity (Wildman–Crippen MR) is 87.8 cm³/mol. The Balaban J connectivity index is 1.80. The van der Waals surface area contributed by atoms with Gasteiger partial charge in [0.1, 0.15) is 11.3 Å². The van der Waals surface area contributed by atoms with Gasteiger partial charge in [0.05, 0.1) is 6.17 Å². The van der Waals surface area contributed by atoms with Gasteiger partial charge in [-0.05, 0) is 44.0 Å². The number of imidazole rings is 1. The molecule has 0 aliphatic carbocycles. The molecule has 3 aromatic rings. The molecule has 0 saturated carbocycles. The Morgan fingerprint density at radius 3 is 3.05 bits per heavy atom. The minimum Gasteiger partial charge on any atom is -0.297 e. The molecular formula is C18H20N4. The molecule has 1 aliphatic heterocycles. The minimum atomic E-state index is 0.319. The highest BCUT2D eigenvalue weighted by atomic mass is 15.3. The molecule has 0 radical (unpaired) electrons. The van der Waals surface area contributed by atoms with Crippen molar-refractivity contribution in [3.05, 3.63) is 59.5 Å². The van der Waals surface area contributed by atoms with Crippen LogP contribution in [0.1, 0.15) is 36.0 Å². The van der Waals surface area contributed by atoms with Gasteiger partial charge >= 0.3 is 0 Å². The highest BCUT2D eigenvalue weighted by Gasteiger charge is 2.22. The van der Waals surface area contributed by atoms with Crippen molar-refractivity contribution in [1.29, 1.82) is 0 Å². The van der Waals surface area contributed by atoms with Crippen molar-refractivity contribution in [2.75, 3.05) is 6.54 Å². The van der Waals surface area contributed by atoms with Gasteiger partial charge in [0.25, 0.3) is 0 Å². The lowest BCUT2D eigenvalue weighted by Gasteiger charge is -2.16. The van der Waals surface area contributed by atoms with E-state index >= 15 is 0 Å². The maximum Gasteiger partial charge on any atom is 0.161 e. The van der Waals surface area contributed by atoms with Crippen LogP contribution in [0.3, 0.4) is 0 Å². The van der Waals surface area contributed by atoms with Gasteiger partial charge in [-0.15, -0.1) is 0 Å². The summed E-state index contributed by atoms with van der Waals surface area (Å²) in [6.45, 7) is 3.20. The van der Waals surface area contributed by atoms with E-state index in [2.05, 4.69) is 46.1 Å². The second kappa shape index (κ2) is 5.54. The van der Waals surface area contributed by atoms with Gasteiger partial charge in [-0.25, -0.2) is 9.97 Å². The van der Waals surface area contributed by atoms with Crippen LogP contribution in [-0.2, 0) is 6.42 Å². The molecule has 0 spiro atoms. The number of nitrogens with one attached hydrogen (secondary N) is 1. The summed E-state index contributed by atoms with van der Waals surface area (Å²) in [6, 6.07) is 12.7. The molecule has 3 heterocycles. The zero-order valence-electron chi connectivity index (χ0n) is 12.8. The average Bonchev–Trinajstić information content (AvgIpc) is 3.13. The van der Waals surface area contributed by atoms with E-state index in [1.54, 1.807) is 0 Å². The van der Waals surface area contributed by atoms with Gasteiger partial charge in [-0.2, -0.15) is 0 Å². The van der Waals surface area contributed by atoms with Crippen LogP contribution in [-0.4, -0.2) is 21.1 Å². The molecule has 0 bridgehead atoms. The summed E-state index contributed by atoms with van der Waals surface area (Å²) in [4.78, 5) is 9.41. The van der Waals surface area contributed by atoms with Crippen molar-refractivity contribution in [1.82, 2.24) is 19.9 Å². The first-order chi connectivity index (χ1) is 10.8. The fourth-order valence-corrected chi connectivity index (χ4v) is 3.32. The predicted octanol–water partition coefficient (Wildman–Crippen LogP) is 3.21. The number of hydrogen-bond acceptors (Lipinski definition) is 3. The van der Waals surface area contributed by atoms with E-state index in [0.29, 0.717) is 6.17 Å². The van der Waals surface area contributed by atoms with Crippen molar-refractivity contribution >= 4 is 11.2 Å². The normalized spacial score (nSPS) is 18.1. The van der Waals surface area contributed by atoms with Crippen molar-refractivity contribution in [2.24, 2.45) is 0 Å². The number of hydrogen-bond donors (Lipinski definition) is 1. The fourth-order valence-electron chi connectivity index (χ4n) is 3.32. The highest BCUT2D eigenvalue weighted by Crippen LogP contribution is 2.25. The first-order valence-electron chi connectivity index (χ1n) is 7.92. The van der Waals surface area contributed by atoms with Crippen molar-refractivity contribution in [3.63, 3.8) is 0 Å². The molecule has 0 amide bonds. The van der Waals surface area contributed by atoms with E-state index in [0.717, 1.165) is 36.4 Å². The summed E-state index contributed by atoms with van der Waals surface area (Å²) in [5.41, 5.74) is 4.57. The summed E-state index contributed by atoms with van der Waals surface area (Å²) >= 11 is 0. The zero-order chi connectivity index (χ0) is 14.9. The Morgan fingerprint density at radius 1 is 1.27 bits per heavy atom. The number of fused-ring (bicyclic) bond motifs is 1. The van der Waals surface area contributed by atoms with Crippen LogP contribution in [0.25, 0.3) is 11.2 Å². The van der Waals surface area contributed by atoms with Gasteiger partial charge < -0.3 is 0 Å². The lowest BCUT2D eigenvalue weighted by molar-refractivity contribution is 0.464. The third-order valence-electron chi connectivity index (χ3n) is 4.31. The maximum atomic E-state index is 4.84. The van der Waals surface area contributed by atoms with Gasteiger partial charge in [-0.1, -0.05) is 29.8 Å². The Labute approximate surface area is 130 Å². The number of nitrogens with zero attached hydrogens (tertiary/aromatic N) is 3. The van der Waals surface area contributed by atoms with Crippen molar-refractivity contribution < 1.29 is 0 Å². The molecule has 2 aromatic heterocycles. The van der Waals surface area contributed by atoms with E-state index in [9.17, 15) is 0 Å². The molecule has 1 fully saturated rings. The molecule has 22 heavy (non-hydrogen) atoms. The van der Waals surface area contributed by atoms with Crippen LogP contribution in [0.5, 0.6) is 0 Å². The summed E-state index contributed by atoms with van der Waals surface area (Å²) in [7, 11) is 0. The van der Waals surface area contributed by atoms with Crippen molar-refractivity contribution in [3.8, 4) is 0 Å². The zero-order valence-corrected chi connectivity index (χ0v) is 12.8. The Morgan fingerprint density at radius 2 is 2.23 bits per heavy atom. The molecule has 1 atom stereocenters. The summed E-state index contributed by atoms with van der Waals surface area (Å²) in [5, 5.41) is 3.57. The smallest absolute Gasteiger partial charge is 0.161 e. The Kier molecular flexibility index (Phi) is 3.39. The summed E-state index contributed by atoms with van der Waals surface area (Å²) in [5.74, 6) is 1.10. The molecule has 1 saturated heterocycles. The van der Waals surface area contributed by atoms with E-state index < -0.39 is 0 Å². The molecule has 112 valence electrons. The number of rotatable bonds is 3. The van der Waals surface area contributed by atoms with Crippen molar-refractivity contribution in [2.45, 2.75) is 32.4 Å². The minimum absolute atomic E-state index is 0.319. The van der Waals surface area contributed by atoms with Gasteiger partial charge in [0.2, 0.25) is 0 Å². The quantitative estimate of drug-likeness (QED) is 0.806. The SMILES string of the molecule is Cc1cccc(Cc2nc3cccnc3n2C2CCCN2)c1. The number of pyridine rings is 1. The van der Waals surface area contributed by atoms with Gasteiger partial charge in [-0.3, -0.25) is 9.88 Å². The molecule has 1 unspecified atom stereocenters. The molecule has 4 rings (SSSR count). The fraction of sp³-hybridized carbons (Fsp3) is 0.333. The van der Waals surface area contributed by atoms with Gasteiger partial charge in [0, 0.05) is 12.6 Å². The largest absolute Gasteiger partial charge is 0.297 e. The van der Waals surface area contributed by atoms with Gasteiger partial charge in [0.15, 0.2) is 5.65 Å². The van der Waals surface area contributed by atoms with Crippen LogP contribution in [0.2, 0.25) is 0 Å². The molecule has 1 aliphatic rings. The molecule has 1 aromatic carbocycles. The Bertz CT molecular complexity index is 800. The molecule has 4 heteroatoms. The second-order valence-corrected chi connectivity index (χ2v) is 6.02. The van der Waals surface area contributed by atoms with Crippen LogP contribution >= 0.6 is 0 Å². The van der Waals surface area contributed by atoms with Crippen LogP contribution in [0.15, 0.2) is 42.6 Å². The van der Waals surface area contributed by atoms with Crippen LogP contribution < -0.4 is 5.32 Å². The monoisotopic (exact) mass is 292 g/mol. The van der Waals surface area contributed by atoms with Crippen LogP contribution in [0.4, 0.5) is 0 Å². The summed E-state index contributed by atoms with van der Waals surface area (Å²) < 4.78 is 2.30. The van der Waals surface area contributed by atoms with E-state index in [1.165, 1.54) is 17.5 Å². The lowest BCUT2D eigenvalue weighted by atomic mass is 10.1. The first-order valence-corrected chi connectivity index (χ1v) is 7.92. The second-order valence-electron chi connectivity index (χ2n) is 6.02. The molecular weight excluding hydrogens is 272 g/mol. The Hall–Kier alpha value is -2.20. The van der Waals surface area contributed by atoms with E-state index in [-0.39, 0.29) is 0 Å². The average molecular weight is 292 g/mol. The lowest BCUT2D eigenvalue weighted by Crippen LogP contribution is -2.22. The standard InChI is InChI=1S/C18H20N4/c1-13-5-2-6-14(11-13)12-17-21-15-7-3-10-20-18(15)22(17)16-8-4-9-19-16/h2-3,5-7,10-11,16,19H,4,8-9,12H2,1H3. The molecule has 1 N–H and O–H groups in total. The maximum absolute atomic E-state index is 4.84. The third kappa shape index (κ3) is 2.40. The highest BCUT2D eigenvalue weighted by molar-refractivity contribution is 5.71. The molecule has 4 nitrogen and oxygen atoms in total.